The molecule has 0 spiro atoms. The molecule has 1 fully saturated rings. The third-order valence-corrected chi connectivity index (χ3v) is 4.34. The van der Waals surface area contributed by atoms with E-state index >= 15 is 0 Å². The number of aliphatic carboxylic acids is 1. The predicted octanol–water partition coefficient (Wildman–Crippen LogP) is 3.31. The molecule has 0 radical (unpaired) electrons. The highest BCUT2D eigenvalue weighted by Crippen LogP contribution is 2.32. The van der Waals surface area contributed by atoms with Crippen molar-refractivity contribution in [2.45, 2.75) is 64.7 Å². The van der Waals surface area contributed by atoms with Crippen LogP contribution in [0.4, 0.5) is 0 Å². The third-order valence-electron chi connectivity index (χ3n) is 4.34. The fourth-order valence-corrected chi connectivity index (χ4v) is 3.23. The van der Waals surface area contributed by atoms with Crippen LogP contribution < -0.4 is 0 Å². The molecule has 0 aromatic rings. The quantitative estimate of drug-likeness (QED) is 0.706. The summed E-state index contributed by atoms with van der Waals surface area (Å²) in [6.07, 6.45) is 8.87. The van der Waals surface area contributed by atoms with E-state index in [2.05, 4.69) is 6.92 Å². The van der Waals surface area contributed by atoms with Crippen LogP contribution in [-0.4, -0.2) is 35.5 Å². The number of carbonyl (C=O) groups is 2. The lowest BCUT2D eigenvalue weighted by molar-refractivity contribution is -0.139. The summed E-state index contributed by atoms with van der Waals surface area (Å²) in [5, 5.41) is 8.64. The molecule has 116 valence electrons. The second-order valence-corrected chi connectivity index (χ2v) is 6.13. The van der Waals surface area contributed by atoms with E-state index in [9.17, 15) is 9.59 Å². The topological polar surface area (TPSA) is 57.6 Å². The van der Waals surface area contributed by atoms with E-state index in [1.807, 2.05) is 7.05 Å². The van der Waals surface area contributed by atoms with Gasteiger partial charge in [-0.1, -0.05) is 39.0 Å². The first-order valence-corrected chi connectivity index (χ1v) is 8.01. The van der Waals surface area contributed by atoms with Crippen LogP contribution in [0.3, 0.4) is 0 Å². The summed E-state index contributed by atoms with van der Waals surface area (Å²) in [5.74, 6) is 0.284. The summed E-state index contributed by atoms with van der Waals surface area (Å²) >= 11 is 0. The molecule has 4 heteroatoms. The number of nitrogens with zero attached hydrogens (tertiary/aromatic N) is 1. The molecule has 1 rings (SSSR count). The van der Waals surface area contributed by atoms with Gasteiger partial charge in [0.15, 0.2) is 0 Å². The van der Waals surface area contributed by atoms with Crippen LogP contribution in [0.1, 0.15) is 64.7 Å². The van der Waals surface area contributed by atoms with Crippen molar-refractivity contribution < 1.29 is 14.7 Å². The molecule has 4 nitrogen and oxygen atoms in total. The van der Waals surface area contributed by atoms with Crippen LogP contribution in [-0.2, 0) is 9.59 Å². The van der Waals surface area contributed by atoms with Gasteiger partial charge in [-0.2, -0.15) is 0 Å². The fourth-order valence-electron chi connectivity index (χ4n) is 3.23. The van der Waals surface area contributed by atoms with Crippen molar-refractivity contribution in [1.29, 1.82) is 0 Å². The molecule has 0 heterocycles. The van der Waals surface area contributed by atoms with Gasteiger partial charge < -0.3 is 10.0 Å². The second-order valence-electron chi connectivity index (χ2n) is 6.13. The number of carbonyl (C=O) groups excluding carboxylic acids is 1. The van der Waals surface area contributed by atoms with Gasteiger partial charge in [-0.15, -0.1) is 0 Å². The van der Waals surface area contributed by atoms with Crippen molar-refractivity contribution in [2.75, 3.05) is 13.6 Å². The Hall–Kier alpha value is -1.06. The smallest absolute Gasteiger partial charge is 0.303 e. The van der Waals surface area contributed by atoms with Crippen molar-refractivity contribution in [2.24, 2.45) is 11.8 Å². The molecule has 1 aliphatic rings. The van der Waals surface area contributed by atoms with E-state index in [0.717, 1.165) is 25.2 Å². The zero-order valence-corrected chi connectivity index (χ0v) is 12.9. The predicted molar refractivity (Wildman–Crippen MR) is 79.5 cm³/mol. The number of hydrogen-bond donors (Lipinski definition) is 1. The average Bonchev–Trinajstić information content (AvgIpc) is 2.89. The van der Waals surface area contributed by atoms with Gasteiger partial charge in [0, 0.05) is 25.9 Å². The zero-order chi connectivity index (χ0) is 15.0. The van der Waals surface area contributed by atoms with E-state index in [4.69, 9.17) is 5.11 Å². The fraction of sp³-hybridized carbons (Fsp3) is 0.875. The Bertz CT molecular complexity index is 311. The van der Waals surface area contributed by atoms with Gasteiger partial charge in [-0.05, 0) is 25.2 Å². The molecule has 0 aromatic heterocycles. The molecule has 1 aliphatic carbocycles. The lowest BCUT2D eigenvalue weighted by Crippen LogP contribution is -2.34. The van der Waals surface area contributed by atoms with E-state index in [1.54, 1.807) is 4.90 Å². The maximum atomic E-state index is 12.5. The molecular formula is C16H29NO3. The molecule has 0 aliphatic heterocycles. The number of hydrogen-bond acceptors (Lipinski definition) is 2. The van der Waals surface area contributed by atoms with Gasteiger partial charge in [0.25, 0.3) is 0 Å². The Morgan fingerprint density at radius 3 is 2.50 bits per heavy atom. The number of amides is 1. The molecule has 20 heavy (non-hydrogen) atoms. The summed E-state index contributed by atoms with van der Waals surface area (Å²) in [6, 6.07) is 0. The lowest BCUT2D eigenvalue weighted by atomic mass is 9.89. The van der Waals surface area contributed by atoms with Crippen molar-refractivity contribution in [3.05, 3.63) is 0 Å². The van der Waals surface area contributed by atoms with Gasteiger partial charge in [0.05, 0.1) is 0 Å². The van der Waals surface area contributed by atoms with E-state index < -0.39 is 5.97 Å². The van der Waals surface area contributed by atoms with Gasteiger partial charge >= 0.3 is 5.97 Å². The highest BCUT2D eigenvalue weighted by atomic mass is 16.4. The molecule has 0 bridgehead atoms. The minimum Gasteiger partial charge on any atom is -0.481 e. The van der Waals surface area contributed by atoms with Crippen LogP contribution in [0.2, 0.25) is 0 Å². The number of carboxylic acids is 1. The highest BCUT2D eigenvalue weighted by molar-refractivity contribution is 5.78. The van der Waals surface area contributed by atoms with Gasteiger partial charge in [0.1, 0.15) is 0 Å². The molecule has 1 amide bonds. The molecule has 1 unspecified atom stereocenters. The first-order chi connectivity index (χ1) is 9.54. The first kappa shape index (κ1) is 17.0. The van der Waals surface area contributed by atoms with Crippen molar-refractivity contribution in [3.8, 4) is 0 Å². The number of carboxylic acid groups (broad SMARTS) is 1. The van der Waals surface area contributed by atoms with Gasteiger partial charge in [0.2, 0.25) is 5.91 Å². The van der Waals surface area contributed by atoms with Crippen LogP contribution in [0.5, 0.6) is 0 Å². The first-order valence-electron chi connectivity index (χ1n) is 8.01. The summed E-state index contributed by atoms with van der Waals surface area (Å²) in [6.45, 7) is 2.68. The second kappa shape index (κ2) is 8.98. The van der Waals surface area contributed by atoms with Gasteiger partial charge in [-0.25, -0.2) is 0 Å². The Morgan fingerprint density at radius 2 is 1.95 bits per heavy atom. The summed E-state index contributed by atoms with van der Waals surface area (Å²) < 4.78 is 0. The zero-order valence-electron chi connectivity index (χ0n) is 12.9. The molecular weight excluding hydrogens is 254 g/mol. The highest BCUT2D eigenvalue weighted by Gasteiger charge is 2.26. The maximum absolute atomic E-state index is 12.5. The average molecular weight is 283 g/mol. The Kier molecular flexibility index (Phi) is 7.63. The standard InChI is InChI=1S/C16H29NO3/c1-3-7-14(12-13-8-4-5-9-13)16(20)17(2)11-6-10-15(18)19/h13-14H,3-12H2,1-2H3,(H,18,19). The summed E-state index contributed by atoms with van der Waals surface area (Å²) in [7, 11) is 1.81. The van der Waals surface area contributed by atoms with Crippen LogP contribution in [0.15, 0.2) is 0 Å². The SMILES string of the molecule is CCCC(CC1CCCC1)C(=O)N(C)CCCC(=O)O. The normalized spacial score (nSPS) is 17.1. The molecule has 0 saturated heterocycles. The van der Waals surface area contributed by atoms with Crippen molar-refractivity contribution in [1.82, 2.24) is 4.90 Å². The summed E-state index contributed by atoms with van der Waals surface area (Å²) in [4.78, 5) is 24.7. The molecule has 1 atom stereocenters. The third kappa shape index (κ3) is 5.93. The minimum atomic E-state index is -0.790. The van der Waals surface area contributed by atoms with Crippen LogP contribution in [0.25, 0.3) is 0 Å². The van der Waals surface area contributed by atoms with E-state index in [1.165, 1.54) is 25.7 Å². The van der Waals surface area contributed by atoms with Gasteiger partial charge in [-0.3, -0.25) is 9.59 Å². The van der Waals surface area contributed by atoms with E-state index in [0.29, 0.717) is 13.0 Å². The Labute approximate surface area is 122 Å². The van der Waals surface area contributed by atoms with E-state index in [-0.39, 0.29) is 18.2 Å². The number of rotatable bonds is 9. The maximum Gasteiger partial charge on any atom is 0.303 e. The molecule has 0 aromatic carbocycles. The van der Waals surface area contributed by atoms with Crippen LogP contribution >= 0.6 is 0 Å². The minimum absolute atomic E-state index is 0.137. The molecule has 1 saturated carbocycles. The van der Waals surface area contributed by atoms with Crippen molar-refractivity contribution >= 4 is 11.9 Å². The van der Waals surface area contributed by atoms with Crippen molar-refractivity contribution in [3.63, 3.8) is 0 Å². The largest absolute Gasteiger partial charge is 0.481 e. The Balaban J connectivity index is 2.42. The Morgan fingerprint density at radius 1 is 1.30 bits per heavy atom. The summed E-state index contributed by atoms with van der Waals surface area (Å²) in [5.41, 5.74) is 0. The monoisotopic (exact) mass is 283 g/mol. The van der Waals surface area contributed by atoms with Crippen LogP contribution in [0, 0.1) is 11.8 Å². The lowest BCUT2D eigenvalue weighted by Gasteiger charge is -2.25. The molecule has 1 N–H and O–H groups in total.